The van der Waals surface area contributed by atoms with Gasteiger partial charge in [0.2, 0.25) is 0 Å². The Labute approximate surface area is 99.1 Å². The van der Waals surface area contributed by atoms with Gasteiger partial charge in [0.1, 0.15) is 5.69 Å². The van der Waals surface area contributed by atoms with E-state index in [4.69, 9.17) is 0 Å². The van der Waals surface area contributed by atoms with E-state index in [2.05, 4.69) is 38.1 Å². The minimum atomic E-state index is -0.0903. The van der Waals surface area contributed by atoms with Crippen molar-refractivity contribution in [2.24, 2.45) is 0 Å². The van der Waals surface area contributed by atoms with E-state index in [-0.39, 0.29) is 5.41 Å². The third-order valence-corrected chi connectivity index (χ3v) is 3.53. The lowest BCUT2D eigenvalue weighted by Crippen LogP contribution is -2.15. The molecule has 2 aromatic rings. The van der Waals surface area contributed by atoms with Gasteiger partial charge < -0.3 is 0 Å². The molecule has 0 fully saturated rings. The Morgan fingerprint density at radius 3 is 2.69 bits per heavy atom. The minimum Gasteiger partial charge on any atom is -0.296 e. The van der Waals surface area contributed by atoms with E-state index >= 15 is 0 Å². The van der Waals surface area contributed by atoms with E-state index in [9.17, 15) is 4.79 Å². The second-order valence-corrected chi connectivity index (χ2v) is 5.75. The Morgan fingerprint density at radius 2 is 2.19 bits per heavy atom. The average Bonchev–Trinajstić information content (AvgIpc) is 2.73. The van der Waals surface area contributed by atoms with Crippen LogP contribution in [-0.2, 0) is 11.8 Å². The first-order valence-electron chi connectivity index (χ1n) is 5.43. The van der Waals surface area contributed by atoms with Gasteiger partial charge in [-0.2, -0.15) is 0 Å². The normalized spacial score (nSPS) is 12.2. The number of fused-ring (bicyclic) bond motifs is 1. The molecule has 0 aromatic carbocycles. The van der Waals surface area contributed by atoms with Gasteiger partial charge in [0.25, 0.3) is 0 Å². The van der Waals surface area contributed by atoms with Gasteiger partial charge in [-0.25, -0.2) is 4.98 Å². The topological polar surface area (TPSA) is 34.4 Å². The predicted molar refractivity (Wildman–Crippen MR) is 66.5 cm³/mol. The fourth-order valence-corrected chi connectivity index (χ4v) is 2.82. The van der Waals surface area contributed by atoms with Crippen molar-refractivity contribution in [1.82, 2.24) is 9.38 Å². The molecule has 0 aliphatic carbocycles. The maximum Gasteiger partial charge on any atom is 0.194 e. The molecule has 0 aliphatic rings. The summed E-state index contributed by atoms with van der Waals surface area (Å²) < 4.78 is 1.98. The molecule has 2 heterocycles. The molecule has 0 radical (unpaired) electrons. The van der Waals surface area contributed by atoms with E-state index in [1.807, 2.05) is 4.40 Å². The van der Waals surface area contributed by atoms with Crippen LogP contribution in [0.1, 0.15) is 49.6 Å². The highest BCUT2D eigenvalue weighted by atomic mass is 32.1. The molecule has 2 aromatic heterocycles. The first kappa shape index (κ1) is 11.3. The number of carbonyl (C=O) groups excluding carboxylic acids is 1. The van der Waals surface area contributed by atoms with Crippen LogP contribution >= 0.6 is 11.3 Å². The molecule has 0 unspecified atom stereocenters. The molecular weight excluding hydrogens is 220 g/mol. The van der Waals surface area contributed by atoms with E-state index in [0.717, 1.165) is 29.1 Å². The quantitative estimate of drug-likeness (QED) is 0.751. The summed E-state index contributed by atoms with van der Waals surface area (Å²) in [5, 5.41) is 2.07. The highest BCUT2D eigenvalue weighted by Crippen LogP contribution is 2.28. The van der Waals surface area contributed by atoms with Crippen molar-refractivity contribution in [3.8, 4) is 0 Å². The van der Waals surface area contributed by atoms with Crippen molar-refractivity contribution in [1.29, 1.82) is 0 Å². The van der Waals surface area contributed by atoms with Gasteiger partial charge in [-0.1, -0.05) is 27.7 Å². The summed E-state index contributed by atoms with van der Waals surface area (Å²) in [4.78, 5) is 16.8. The van der Waals surface area contributed by atoms with Gasteiger partial charge in [-0.3, -0.25) is 9.20 Å². The number of carbonyl (C=O) groups is 1. The van der Waals surface area contributed by atoms with Crippen LogP contribution in [0.15, 0.2) is 5.38 Å². The van der Waals surface area contributed by atoms with Crippen molar-refractivity contribution in [3.05, 3.63) is 22.5 Å². The summed E-state index contributed by atoms with van der Waals surface area (Å²) >= 11 is 1.60. The number of aldehydes is 1. The molecule has 0 N–H and O–H groups in total. The van der Waals surface area contributed by atoms with Crippen molar-refractivity contribution in [2.45, 2.75) is 39.5 Å². The van der Waals surface area contributed by atoms with Crippen molar-refractivity contribution >= 4 is 22.6 Å². The molecule has 0 saturated carbocycles. The van der Waals surface area contributed by atoms with Crippen molar-refractivity contribution in [3.63, 3.8) is 0 Å². The maximum absolute atomic E-state index is 11.3. The van der Waals surface area contributed by atoms with Crippen molar-refractivity contribution < 1.29 is 4.79 Å². The molecule has 3 nitrogen and oxygen atoms in total. The second kappa shape index (κ2) is 3.70. The summed E-state index contributed by atoms with van der Waals surface area (Å²) in [6.07, 6.45) is 1.84. The Hall–Kier alpha value is -1.16. The van der Waals surface area contributed by atoms with Crippen LogP contribution in [0.5, 0.6) is 0 Å². The summed E-state index contributed by atoms with van der Waals surface area (Å²) in [5.74, 6) is 0. The van der Waals surface area contributed by atoms with Gasteiger partial charge in [0.15, 0.2) is 11.2 Å². The molecule has 0 atom stereocenters. The lowest BCUT2D eigenvalue weighted by atomic mass is 9.91. The number of nitrogens with zero attached hydrogens (tertiary/aromatic N) is 2. The first-order chi connectivity index (χ1) is 7.49. The monoisotopic (exact) mass is 236 g/mol. The highest BCUT2D eigenvalue weighted by Gasteiger charge is 2.25. The van der Waals surface area contributed by atoms with Crippen LogP contribution < -0.4 is 0 Å². The Balaban J connectivity index is 2.78. The molecule has 0 bridgehead atoms. The third kappa shape index (κ3) is 1.57. The van der Waals surface area contributed by atoms with E-state index in [0.29, 0.717) is 5.69 Å². The van der Waals surface area contributed by atoms with Gasteiger partial charge in [0, 0.05) is 16.5 Å². The molecule has 0 saturated heterocycles. The van der Waals surface area contributed by atoms with E-state index < -0.39 is 0 Å². The lowest BCUT2D eigenvalue weighted by molar-refractivity contribution is 0.111. The van der Waals surface area contributed by atoms with Crippen LogP contribution in [-0.4, -0.2) is 15.7 Å². The zero-order valence-corrected chi connectivity index (χ0v) is 10.9. The number of hydrogen-bond acceptors (Lipinski definition) is 3. The summed E-state index contributed by atoms with van der Waals surface area (Å²) in [6, 6.07) is 0. The Morgan fingerprint density at radius 1 is 1.50 bits per heavy atom. The Kier molecular flexibility index (Phi) is 2.62. The first-order valence-corrected chi connectivity index (χ1v) is 6.31. The number of aryl methyl sites for hydroxylation is 1. The van der Waals surface area contributed by atoms with Crippen LogP contribution in [0.3, 0.4) is 0 Å². The molecule has 4 heteroatoms. The smallest absolute Gasteiger partial charge is 0.194 e. The van der Waals surface area contributed by atoms with Crippen LogP contribution in [0, 0.1) is 0 Å². The minimum absolute atomic E-state index is 0.0903. The second-order valence-electron chi connectivity index (χ2n) is 4.91. The molecular formula is C12H16N2OS. The molecule has 0 spiro atoms. The van der Waals surface area contributed by atoms with Crippen LogP contribution in [0.4, 0.5) is 0 Å². The van der Waals surface area contributed by atoms with E-state index in [1.54, 1.807) is 11.3 Å². The zero-order valence-electron chi connectivity index (χ0n) is 10.1. The van der Waals surface area contributed by atoms with Gasteiger partial charge in [-0.15, -0.1) is 11.3 Å². The van der Waals surface area contributed by atoms with Crippen molar-refractivity contribution in [2.75, 3.05) is 0 Å². The molecule has 2 rings (SSSR count). The summed E-state index contributed by atoms with van der Waals surface area (Å²) in [5.41, 5.74) is 2.67. The summed E-state index contributed by atoms with van der Waals surface area (Å²) in [6.45, 7) is 8.33. The summed E-state index contributed by atoms with van der Waals surface area (Å²) in [7, 11) is 0. The van der Waals surface area contributed by atoms with Crippen LogP contribution in [0.25, 0.3) is 4.96 Å². The lowest BCUT2D eigenvalue weighted by Gasteiger charge is -2.15. The molecule has 0 amide bonds. The number of aromatic nitrogens is 2. The number of imidazole rings is 1. The standard InChI is InChI=1S/C12H16N2OS/c1-5-8-7-16-11-13-10(12(2,3)4)9(6-15)14(8)11/h6-7H,5H2,1-4H3. The predicted octanol–water partition coefficient (Wildman–Crippen LogP) is 3.07. The maximum atomic E-state index is 11.3. The average molecular weight is 236 g/mol. The van der Waals surface area contributed by atoms with E-state index in [1.165, 1.54) is 0 Å². The molecule has 86 valence electrons. The molecule has 0 aliphatic heterocycles. The van der Waals surface area contributed by atoms with Gasteiger partial charge in [-0.05, 0) is 6.42 Å². The largest absolute Gasteiger partial charge is 0.296 e. The number of thiazole rings is 1. The fraction of sp³-hybridized carbons (Fsp3) is 0.500. The fourth-order valence-electron chi connectivity index (χ4n) is 1.84. The third-order valence-electron chi connectivity index (χ3n) is 2.65. The SMILES string of the molecule is CCc1csc2nc(C(C)(C)C)c(C=O)n12. The zero-order chi connectivity index (χ0) is 11.9. The van der Waals surface area contributed by atoms with Gasteiger partial charge >= 0.3 is 0 Å². The van der Waals surface area contributed by atoms with Crippen LogP contribution in [0.2, 0.25) is 0 Å². The molecule has 16 heavy (non-hydrogen) atoms. The number of hydrogen-bond donors (Lipinski definition) is 0. The van der Waals surface area contributed by atoms with Gasteiger partial charge in [0.05, 0.1) is 5.69 Å². The Bertz CT molecular complexity index is 531. The highest BCUT2D eigenvalue weighted by molar-refractivity contribution is 7.15. The number of rotatable bonds is 2.